The van der Waals surface area contributed by atoms with Gasteiger partial charge in [0.05, 0.1) is 7.11 Å². The molecule has 2 aromatic rings. The third-order valence-electron chi connectivity index (χ3n) is 4.24. The van der Waals surface area contributed by atoms with E-state index in [-0.39, 0.29) is 6.10 Å². The zero-order valence-electron chi connectivity index (χ0n) is 14.0. The van der Waals surface area contributed by atoms with Gasteiger partial charge in [0, 0.05) is 38.2 Å². The van der Waals surface area contributed by atoms with Crippen molar-refractivity contribution in [3.05, 3.63) is 41.6 Å². The molecule has 0 amide bonds. The molecule has 1 aliphatic rings. The van der Waals surface area contributed by atoms with Gasteiger partial charge in [-0.3, -0.25) is 0 Å². The van der Waals surface area contributed by atoms with E-state index < -0.39 is 0 Å². The number of piperidine rings is 1. The van der Waals surface area contributed by atoms with Crippen molar-refractivity contribution in [3.8, 4) is 11.6 Å². The second-order valence-electron chi connectivity index (χ2n) is 5.92. The minimum absolute atomic E-state index is 0.247. The van der Waals surface area contributed by atoms with Crippen LogP contribution in [0.15, 0.2) is 30.5 Å². The number of ether oxygens (including phenoxy) is 2. The molecule has 0 spiro atoms. The van der Waals surface area contributed by atoms with Crippen LogP contribution in [-0.4, -0.2) is 36.3 Å². The summed E-state index contributed by atoms with van der Waals surface area (Å²) in [6.45, 7) is 5.98. The molecule has 122 valence electrons. The molecule has 5 nitrogen and oxygen atoms in total. The lowest BCUT2D eigenvalue weighted by atomic mass is 10.1. The number of rotatable bonds is 4. The van der Waals surface area contributed by atoms with Gasteiger partial charge < -0.3 is 14.4 Å². The van der Waals surface area contributed by atoms with Crippen LogP contribution in [0, 0.1) is 13.8 Å². The average Bonchev–Trinajstić information content (AvgIpc) is 2.59. The van der Waals surface area contributed by atoms with Crippen molar-refractivity contribution in [2.24, 2.45) is 0 Å². The number of aromatic nitrogens is 2. The van der Waals surface area contributed by atoms with Crippen LogP contribution in [0.5, 0.6) is 11.6 Å². The maximum Gasteiger partial charge on any atom is 0.228 e. The Morgan fingerprint density at radius 1 is 1.09 bits per heavy atom. The van der Waals surface area contributed by atoms with E-state index in [2.05, 4.69) is 46.9 Å². The lowest BCUT2D eigenvalue weighted by Crippen LogP contribution is -2.39. The Hall–Kier alpha value is -2.30. The standard InChI is InChI=1S/C18H23N3O2/c1-13-5-4-6-14(2)17(13)23-15-8-11-21(12-9-15)18-19-10-7-16(20-18)22-3/h4-7,10,15H,8-9,11-12H2,1-3H3. The van der Waals surface area contributed by atoms with Crippen LogP contribution in [0.3, 0.4) is 0 Å². The van der Waals surface area contributed by atoms with E-state index >= 15 is 0 Å². The monoisotopic (exact) mass is 313 g/mol. The van der Waals surface area contributed by atoms with E-state index in [4.69, 9.17) is 9.47 Å². The van der Waals surface area contributed by atoms with Crippen molar-refractivity contribution in [1.29, 1.82) is 0 Å². The molecule has 5 heteroatoms. The molecule has 3 rings (SSSR count). The molecule has 0 saturated carbocycles. The van der Waals surface area contributed by atoms with Crippen LogP contribution < -0.4 is 14.4 Å². The fourth-order valence-electron chi connectivity index (χ4n) is 2.92. The summed E-state index contributed by atoms with van der Waals surface area (Å²) in [6, 6.07) is 8.03. The summed E-state index contributed by atoms with van der Waals surface area (Å²) in [5, 5.41) is 0. The summed E-state index contributed by atoms with van der Waals surface area (Å²) < 4.78 is 11.4. The van der Waals surface area contributed by atoms with Gasteiger partial charge >= 0.3 is 0 Å². The summed E-state index contributed by atoms with van der Waals surface area (Å²) >= 11 is 0. The lowest BCUT2D eigenvalue weighted by molar-refractivity contribution is 0.168. The number of aryl methyl sites for hydroxylation is 2. The minimum atomic E-state index is 0.247. The highest BCUT2D eigenvalue weighted by atomic mass is 16.5. The molecule has 0 radical (unpaired) electrons. The second-order valence-corrected chi connectivity index (χ2v) is 5.92. The van der Waals surface area contributed by atoms with Gasteiger partial charge in [0.15, 0.2) is 0 Å². The molecule has 1 saturated heterocycles. The first-order valence-electron chi connectivity index (χ1n) is 8.02. The second kappa shape index (κ2) is 6.86. The third kappa shape index (κ3) is 3.55. The van der Waals surface area contributed by atoms with Crippen molar-refractivity contribution >= 4 is 5.95 Å². The number of para-hydroxylation sites is 1. The first kappa shape index (κ1) is 15.6. The molecular formula is C18H23N3O2. The third-order valence-corrected chi connectivity index (χ3v) is 4.24. The maximum absolute atomic E-state index is 6.25. The van der Waals surface area contributed by atoms with E-state index in [1.165, 1.54) is 11.1 Å². The Morgan fingerprint density at radius 3 is 2.43 bits per heavy atom. The molecule has 1 fully saturated rings. The van der Waals surface area contributed by atoms with Gasteiger partial charge in [0.25, 0.3) is 0 Å². The Bertz CT molecular complexity index is 647. The van der Waals surface area contributed by atoms with Crippen molar-refractivity contribution in [3.63, 3.8) is 0 Å². The highest BCUT2D eigenvalue weighted by Crippen LogP contribution is 2.27. The molecule has 1 aromatic heterocycles. The van der Waals surface area contributed by atoms with Gasteiger partial charge in [0.2, 0.25) is 11.8 Å². The predicted molar refractivity (Wildman–Crippen MR) is 90.4 cm³/mol. The molecule has 0 unspecified atom stereocenters. The number of hydrogen-bond donors (Lipinski definition) is 0. The van der Waals surface area contributed by atoms with Crippen LogP contribution >= 0.6 is 0 Å². The number of nitrogens with zero attached hydrogens (tertiary/aromatic N) is 3. The number of methoxy groups -OCH3 is 1. The predicted octanol–water partition coefficient (Wildman–Crippen LogP) is 3.15. The minimum Gasteiger partial charge on any atom is -0.490 e. The Balaban J connectivity index is 1.62. The largest absolute Gasteiger partial charge is 0.490 e. The quantitative estimate of drug-likeness (QED) is 0.868. The van der Waals surface area contributed by atoms with E-state index in [1.807, 2.05) is 0 Å². The zero-order valence-corrected chi connectivity index (χ0v) is 14.0. The zero-order chi connectivity index (χ0) is 16.2. The highest BCUT2D eigenvalue weighted by molar-refractivity contribution is 5.40. The molecule has 23 heavy (non-hydrogen) atoms. The van der Waals surface area contributed by atoms with Crippen LogP contribution in [-0.2, 0) is 0 Å². The van der Waals surface area contributed by atoms with E-state index in [1.54, 1.807) is 19.4 Å². The van der Waals surface area contributed by atoms with Gasteiger partial charge in [0.1, 0.15) is 11.9 Å². The SMILES string of the molecule is COc1ccnc(N2CCC(Oc3c(C)cccc3C)CC2)n1. The topological polar surface area (TPSA) is 47.5 Å². The average molecular weight is 313 g/mol. The van der Waals surface area contributed by atoms with Gasteiger partial charge in [-0.1, -0.05) is 18.2 Å². The van der Waals surface area contributed by atoms with Crippen molar-refractivity contribution < 1.29 is 9.47 Å². The maximum atomic E-state index is 6.25. The molecule has 0 N–H and O–H groups in total. The van der Waals surface area contributed by atoms with Gasteiger partial charge in [-0.05, 0) is 25.0 Å². The normalized spacial score (nSPS) is 15.5. The number of benzene rings is 1. The summed E-state index contributed by atoms with van der Waals surface area (Å²) in [7, 11) is 1.62. The van der Waals surface area contributed by atoms with Crippen LogP contribution in [0.1, 0.15) is 24.0 Å². The molecule has 0 atom stereocenters. The molecule has 0 bridgehead atoms. The van der Waals surface area contributed by atoms with Gasteiger partial charge in [-0.15, -0.1) is 0 Å². The van der Waals surface area contributed by atoms with Crippen molar-refractivity contribution in [1.82, 2.24) is 9.97 Å². The smallest absolute Gasteiger partial charge is 0.228 e. The Kier molecular flexibility index (Phi) is 4.65. The number of anilines is 1. The summed E-state index contributed by atoms with van der Waals surface area (Å²) in [5.74, 6) is 2.36. The molecule has 1 aliphatic heterocycles. The van der Waals surface area contributed by atoms with Gasteiger partial charge in [-0.25, -0.2) is 4.98 Å². The fourth-order valence-corrected chi connectivity index (χ4v) is 2.92. The first-order chi connectivity index (χ1) is 11.2. The van der Waals surface area contributed by atoms with E-state index in [0.717, 1.165) is 37.6 Å². The van der Waals surface area contributed by atoms with E-state index in [9.17, 15) is 0 Å². The fraction of sp³-hybridized carbons (Fsp3) is 0.444. The Labute approximate surface area is 137 Å². The molecule has 1 aromatic carbocycles. The van der Waals surface area contributed by atoms with Crippen molar-refractivity contribution in [2.75, 3.05) is 25.1 Å². The van der Waals surface area contributed by atoms with E-state index in [0.29, 0.717) is 5.88 Å². The van der Waals surface area contributed by atoms with Crippen LogP contribution in [0.25, 0.3) is 0 Å². The highest BCUT2D eigenvalue weighted by Gasteiger charge is 2.23. The summed E-state index contributed by atoms with van der Waals surface area (Å²) in [5.41, 5.74) is 2.40. The summed E-state index contributed by atoms with van der Waals surface area (Å²) in [6.07, 6.45) is 3.92. The molecule has 0 aliphatic carbocycles. The lowest BCUT2D eigenvalue weighted by Gasteiger charge is -2.32. The summed E-state index contributed by atoms with van der Waals surface area (Å²) in [4.78, 5) is 10.9. The first-order valence-corrected chi connectivity index (χ1v) is 8.02. The molecule has 2 heterocycles. The van der Waals surface area contributed by atoms with Crippen LogP contribution in [0.4, 0.5) is 5.95 Å². The number of hydrogen-bond acceptors (Lipinski definition) is 5. The van der Waals surface area contributed by atoms with Gasteiger partial charge in [-0.2, -0.15) is 4.98 Å². The van der Waals surface area contributed by atoms with Crippen LogP contribution in [0.2, 0.25) is 0 Å². The molecular weight excluding hydrogens is 290 g/mol. The van der Waals surface area contributed by atoms with Crippen molar-refractivity contribution in [2.45, 2.75) is 32.8 Å². The Morgan fingerprint density at radius 2 is 1.78 bits per heavy atom.